The fraction of sp³-hybridized carbons (Fsp3) is 0.471. The first-order chi connectivity index (χ1) is 11.1. The third-order valence-corrected chi connectivity index (χ3v) is 5.77. The first-order valence-corrected chi connectivity index (χ1v) is 8.99. The maximum absolute atomic E-state index is 12.3. The van der Waals surface area contributed by atoms with Gasteiger partial charge >= 0.3 is 6.03 Å². The number of rotatable bonds is 2. The molecule has 2 aromatic rings. The standard InChI is InChI=1S/C17H22N4OS/c1-18-4-7-20(8-5-18)15-11-13(12-16-14(15)3-10-23-16)21-9-6-19(2)17(21)22/h3,10-12H,4-9H2,1-2H3. The van der Waals surface area contributed by atoms with E-state index in [4.69, 9.17) is 0 Å². The molecule has 1 aromatic carbocycles. The van der Waals surface area contributed by atoms with Gasteiger partial charge in [0.05, 0.1) is 0 Å². The Balaban J connectivity index is 1.74. The highest BCUT2D eigenvalue weighted by molar-refractivity contribution is 7.17. The lowest BCUT2D eigenvalue weighted by molar-refractivity contribution is 0.229. The number of likely N-dealkylation sites (N-methyl/N-ethyl adjacent to an activating group) is 2. The molecular weight excluding hydrogens is 308 g/mol. The van der Waals surface area contributed by atoms with Crippen molar-refractivity contribution in [1.29, 1.82) is 0 Å². The fourth-order valence-electron chi connectivity index (χ4n) is 3.39. The Kier molecular flexibility index (Phi) is 3.66. The van der Waals surface area contributed by atoms with Crippen molar-refractivity contribution in [2.75, 3.05) is 63.2 Å². The van der Waals surface area contributed by atoms with E-state index in [1.54, 1.807) is 16.2 Å². The van der Waals surface area contributed by atoms with Crippen molar-refractivity contribution in [3.8, 4) is 0 Å². The van der Waals surface area contributed by atoms with Crippen LogP contribution < -0.4 is 9.80 Å². The van der Waals surface area contributed by atoms with Crippen LogP contribution in [0.5, 0.6) is 0 Å². The minimum Gasteiger partial charge on any atom is -0.368 e. The number of fused-ring (bicyclic) bond motifs is 1. The summed E-state index contributed by atoms with van der Waals surface area (Å²) in [4.78, 5) is 20.9. The lowest BCUT2D eigenvalue weighted by Crippen LogP contribution is -2.44. The number of nitrogens with zero attached hydrogens (tertiary/aromatic N) is 4. The molecule has 23 heavy (non-hydrogen) atoms. The van der Waals surface area contributed by atoms with E-state index in [1.165, 1.54) is 15.8 Å². The van der Waals surface area contributed by atoms with Crippen LogP contribution in [-0.4, -0.2) is 69.2 Å². The van der Waals surface area contributed by atoms with Crippen LogP contribution in [0.15, 0.2) is 23.6 Å². The van der Waals surface area contributed by atoms with Crippen molar-refractivity contribution in [2.24, 2.45) is 0 Å². The molecular formula is C17H22N4OS. The second-order valence-electron chi connectivity index (χ2n) is 6.44. The number of carbonyl (C=O) groups is 1. The van der Waals surface area contributed by atoms with Crippen LogP contribution in [0.1, 0.15) is 0 Å². The molecule has 0 radical (unpaired) electrons. The highest BCUT2D eigenvalue weighted by Crippen LogP contribution is 2.36. The molecule has 5 nitrogen and oxygen atoms in total. The summed E-state index contributed by atoms with van der Waals surface area (Å²) in [7, 11) is 4.04. The summed E-state index contributed by atoms with van der Waals surface area (Å²) >= 11 is 1.75. The summed E-state index contributed by atoms with van der Waals surface area (Å²) < 4.78 is 1.26. The summed E-state index contributed by atoms with van der Waals surface area (Å²) in [6, 6.07) is 6.67. The SMILES string of the molecule is CN1CCN(c2cc(N3CCN(C)C3=O)cc3sccc23)CC1. The number of hydrogen-bond donors (Lipinski definition) is 0. The van der Waals surface area contributed by atoms with Gasteiger partial charge in [0.15, 0.2) is 0 Å². The number of urea groups is 1. The first kappa shape index (κ1) is 14.8. The molecule has 0 atom stereocenters. The van der Waals surface area contributed by atoms with E-state index in [2.05, 4.69) is 40.4 Å². The van der Waals surface area contributed by atoms with Crippen molar-refractivity contribution in [1.82, 2.24) is 9.80 Å². The maximum atomic E-state index is 12.3. The normalized spacial score (nSPS) is 20.1. The predicted octanol–water partition coefficient (Wildman–Crippen LogP) is 2.52. The zero-order valence-corrected chi connectivity index (χ0v) is 14.5. The highest BCUT2D eigenvalue weighted by Gasteiger charge is 2.28. The molecule has 2 fully saturated rings. The van der Waals surface area contributed by atoms with E-state index >= 15 is 0 Å². The molecule has 0 aliphatic carbocycles. The molecule has 122 valence electrons. The summed E-state index contributed by atoms with van der Waals surface area (Å²) in [5, 5.41) is 3.45. The Bertz CT molecular complexity index is 735. The maximum Gasteiger partial charge on any atom is 0.324 e. The van der Waals surface area contributed by atoms with Gasteiger partial charge in [-0.2, -0.15) is 0 Å². The largest absolute Gasteiger partial charge is 0.368 e. The number of carbonyl (C=O) groups excluding carboxylic acids is 1. The van der Waals surface area contributed by atoms with Gasteiger partial charge in [-0.1, -0.05) is 0 Å². The number of piperazine rings is 1. The fourth-order valence-corrected chi connectivity index (χ4v) is 4.23. The Morgan fingerprint density at radius 2 is 1.78 bits per heavy atom. The molecule has 2 aliphatic rings. The van der Waals surface area contributed by atoms with Crippen LogP contribution in [-0.2, 0) is 0 Å². The Morgan fingerprint density at radius 1 is 1.00 bits per heavy atom. The molecule has 0 bridgehead atoms. The lowest BCUT2D eigenvalue weighted by Gasteiger charge is -2.35. The number of thiophene rings is 1. The van der Waals surface area contributed by atoms with Crippen molar-refractivity contribution in [2.45, 2.75) is 0 Å². The molecule has 2 saturated heterocycles. The third-order valence-electron chi connectivity index (χ3n) is 4.91. The molecule has 0 N–H and O–H groups in total. The Labute approximate surface area is 140 Å². The van der Waals surface area contributed by atoms with Gasteiger partial charge < -0.3 is 14.7 Å². The van der Waals surface area contributed by atoms with Gasteiger partial charge in [-0.25, -0.2) is 4.79 Å². The van der Waals surface area contributed by atoms with Gasteiger partial charge in [-0.15, -0.1) is 11.3 Å². The number of anilines is 2. The van der Waals surface area contributed by atoms with Crippen molar-refractivity contribution in [3.63, 3.8) is 0 Å². The topological polar surface area (TPSA) is 30.0 Å². The van der Waals surface area contributed by atoms with E-state index in [9.17, 15) is 4.79 Å². The van der Waals surface area contributed by atoms with Gasteiger partial charge in [0.25, 0.3) is 0 Å². The van der Waals surface area contributed by atoms with Crippen LogP contribution in [0, 0.1) is 0 Å². The van der Waals surface area contributed by atoms with Gasteiger partial charge in [0, 0.05) is 67.8 Å². The Hall–Kier alpha value is -1.79. The van der Waals surface area contributed by atoms with Crippen molar-refractivity contribution < 1.29 is 4.79 Å². The van der Waals surface area contributed by atoms with Crippen LogP contribution in [0.3, 0.4) is 0 Å². The minimum atomic E-state index is 0.102. The number of hydrogen-bond acceptors (Lipinski definition) is 4. The van der Waals surface area contributed by atoms with Gasteiger partial charge in [0.2, 0.25) is 0 Å². The zero-order chi connectivity index (χ0) is 16.0. The van der Waals surface area contributed by atoms with E-state index in [0.717, 1.165) is 45.0 Å². The number of amides is 2. The number of benzene rings is 1. The van der Waals surface area contributed by atoms with E-state index in [0.29, 0.717) is 0 Å². The molecule has 0 saturated carbocycles. The summed E-state index contributed by atoms with van der Waals surface area (Å²) in [6.45, 7) is 5.82. The van der Waals surface area contributed by atoms with Crippen molar-refractivity contribution in [3.05, 3.63) is 23.6 Å². The van der Waals surface area contributed by atoms with Crippen LogP contribution in [0.4, 0.5) is 16.2 Å². The average molecular weight is 330 g/mol. The van der Waals surface area contributed by atoms with E-state index < -0.39 is 0 Å². The van der Waals surface area contributed by atoms with Crippen molar-refractivity contribution >= 4 is 38.8 Å². The molecule has 3 heterocycles. The molecule has 2 aliphatic heterocycles. The smallest absolute Gasteiger partial charge is 0.324 e. The predicted molar refractivity (Wildman–Crippen MR) is 96.9 cm³/mol. The Morgan fingerprint density at radius 3 is 2.48 bits per heavy atom. The summed E-state index contributed by atoms with van der Waals surface area (Å²) in [5.74, 6) is 0. The van der Waals surface area contributed by atoms with E-state index in [-0.39, 0.29) is 6.03 Å². The lowest BCUT2D eigenvalue weighted by atomic mass is 10.1. The summed E-state index contributed by atoms with van der Waals surface area (Å²) in [6.07, 6.45) is 0. The van der Waals surface area contributed by atoms with Gasteiger partial charge in [-0.3, -0.25) is 4.90 Å². The monoisotopic (exact) mass is 330 g/mol. The molecule has 1 aromatic heterocycles. The van der Waals surface area contributed by atoms with Gasteiger partial charge in [-0.05, 0) is 30.6 Å². The molecule has 2 amide bonds. The first-order valence-electron chi connectivity index (χ1n) is 8.11. The van der Waals surface area contributed by atoms with E-state index in [1.807, 2.05) is 11.9 Å². The molecule has 6 heteroatoms. The quantitative estimate of drug-likeness (QED) is 0.848. The van der Waals surface area contributed by atoms with Gasteiger partial charge in [0.1, 0.15) is 0 Å². The molecule has 0 unspecified atom stereocenters. The minimum absolute atomic E-state index is 0.102. The second kappa shape index (κ2) is 5.69. The zero-order valence-electron chi connectivity index (χ0n) is 13.7. The molecule has 0 spiro atoms. The van der Waals surface area contributed by atoms with Crippen LogP contribution in [0.25, 0.3) is 10.1 Å². The average Bonchev–Trinajstić information content (AvgIpc) is 3.15. The van der Waals surface area contributed by atoms with Crippen LogP contribution >= 0.6 is 11.3 Å². The summed E-state index contributed by atoms with van der Waals surface area (Å²) in [5.41, 5.74) is 2.30. The van der Waals surface area contributed by atoms with Crippen LogP contribution in [0.2, 0.25) is 0 Å². The second-order valence-corrected chi connectivity index (χ2v) is 7.39. The molecule has 4 rings (SSSR count). The highest BCUT2D eigenvalue weighted by atomic mass is 32.1. The third kappa shape index (κ3) is 2.56.